The van der Waals surface area contributed by atoms with E-state index in [1.165, 1.54) is 14.2 Å². The van der Waals surface area contributed by atoms with Crippen molar-refractivity contribution in [2.24, 2.45) is 5.92 Å². The molecule has 0 spiro atoms. The zero-order chi connectivity index (χ0) is 24.0. The van der Waals surface area contributed by atoms with E-state index in [1.54, 1.807) is 7.11 Å². The minimum Gasteiger partial charge on any atom is -0.496 e. The number of hydrogen-bond acceptors (Lipinski definition) is 7. The molecular formula is C24H33NO7. The first-order valence-electron chi connectivity index (χ1n) is 10.6. The van der Waals surface area contributed by atoms with E-state index in [4.69, 9.17) is 18.9 Å². The van der Waals surface area contributed by atoms with Gasteiger partial charge < -0.3 is 24.3 Å². The second-order valence-corrected chi connectivity index (χ2v) is 8.17. The maximum atomic E-state index is 12.3. The molecule has 1 aliphatic heterocycles. The summed E-state index contributed by atoms with van der Waals surface area (Å²) in [5, 5.41) is 2.74. The fourth-order valence-electron chi connectivity index (χ4n) is 3.79. The molecule has 8 nitrogen and oxygen atoms in total. The molecule has 0 fully saturated rings. The van der Waals surface area contributed by atoms with E-state index in [0.717, 1.165) is 22.3 Å². The fourth-order valence-corrected chi connectivity index (χ4v) is 3.79. The highest BCUT2D eigenvalue weighted by Crippen LogP contribution is 2.42. The number of fused-ring (bicyclic) bond motifs is 1. The Bertz CT molecular complexity index is 918. The minimum atomic E-state index is -0.667. The van der Waals surface area contributed by atoms with Crippen LogP contribution in [0.5, 0.6) is 11.5 Å². The van der Waals surface area contributed by atoms with Crippen molar-refractivity contribution in [1.29, 1.82) is 0 Å². The Balaban J connectivity index is 2.14. The van der Waals surface area contributed by atoms with Crippen LogP contribution in [-0.4, -0.2) is 45.2 Å². The van der Waals surface area contributed by atoms with Crippen LogP contribution in [0, 0.1) is 12.8 Å². The normalized spacial score (nSPS) is 14.0. The van der Waals surface area contributed by atoms with Crippen molar-refractivity contribution in [2.45, 2.75) is 59.6 Å². The van der Waals surface area contributed by atoms with Crippen LogP contribution in [0.25, 0.3) is 0 Å². The topological polar surface area (TPSA) is 100 Å². The summed E-state index contributed by atoms with van der Waals surface area (Å²) < 4.78 is 21.1. The van der Waals surface area contributed by atoms with Gasteiger partial charge in [-0.1, -0.05) is 25.5 Å². The zero-order valence-corrected chi connectivity index (χ0v) is 19.9. The SMILES string of the molecule is COC(=O)[C@@H](NC(=O)CC/C(C)=C/Cc1c(OC)c(C)c2c(c1OC)C(=O)OC2)C(C)C. The van der Waals surface area contributed by atoms with Crippen LogP contribution in [0.3, 0.4) is 0 Å². The summed E-state index contributed by atoms with van der Waals surface area (Å²) in [7, 11) is 4.41. The molecule has 1 amide bonds. The molecule has 1 heterocycles. The second-order valence-electron chi connectivity index (χ2n) is 8.17. The number of carbonyl (C=O) groups excluding carboxylic acids is 3. The van der Waals surface area contributed by atoms with Gasteiger partial charge in [-0.25, -0.2) is 9.59 Å². The van der Waals surface area contributed by atoms with Gasteiger partial charge in [-0.3, -0.25) is 4.79 Å². The third-order valence-electron chi connectivity index (χ3n) is 5.67. The number of cyclic esters (lactones) is 1. The first kappa shape index (κ1) is 25.2. The molecule has 1 atom stereocenters. The van der Waals surface area contributed by atoms with Gasteiger partial charge in [0.25, 0.3) is 0 Å². The molecule has 176 valence electrons. The molecule has 32 heavy (non-hydrogen) atoms. The monoisotopic (exact) mass is 447 g/mol. The van der Waals surface area contributed by atoms with Crippen molar-refractivity contribution in [1.82, 2.24) is 5.32 Å². The number of hydrogen-bond donors (Lipinski definition) is 1. The zero-order valence-electron chi connectivity index (χ0n) is 19.9. The van der Waals surface area contributed by atoms with Crippen molar-refractivity contribution < 1.29 is 33.3 Å². The highest BCUT2D eigenvalue weighted by atomic mass is 16.5. The molecular weight excluding hydrogens is 414 g/mol. The van der Waals surface area contributed by atoms with Gasteiger partial charge in [-0.2, -0.15) is 0 Å². The lowest BCUT2D eigenvalue weighted by molar-refractivity contribution is -0.146. The Kier molecular flexibility index (Phi) is 8.69. The van der Waals surface area contributed by atoms with Crippen LogP contribution in [0.2, 0.25) is 0 Å². The lowest BCUT2D eigenvalue weighted by Crippen LogP contribution is -2.44. The lowest BCUT2D eigenvalue weighted by Gasteiger charge is -2.20. The van der Waals surface area contributed by atoms with Crippen molar-refractivity contribution in [3.63, 3.8) is 0 Å². The van der Waals surface area contributed by atoms with Gasteiger partial charge in [0.1, 0.15) is 29.7 Å². The first-order valence-corrected chi connectivity index (χ1v) is 10.6. The molecule has 0 radical (unpaired) electrons. The van der Waals surface area contributed by atoms with E-state index in [0.29, 0.717) is 29.9 Å². The molecule has 1 aromatic carbocycles. The standard InChI is InChI=1S/C24H33NO7/c1-13(2)20(24(28)31-7)25-18(26)11-9-14(3)8-10-16-21(29-5)15(4)17-12-32-23(27)19(17)22(16)30-6/h8,13,20H,9-12H2,1-7H3,(H,25,26)/b14-8+/t20-/m0/s1. The molecule has 8 heteroatoms. The maximum absolute atomic E-state index is 12.3. The summed E-state index contributed by atoms with van der Waals surface area (Å²) in [6.07, 6.45) is 3.22. The molecule has 0 saturated carbocycles. The number of amides is 1. The van der Waals surface area contributed by atoms with Gasteiger partial charge in [0.2, 0.25) is 5.91 Å². The number of rotatable bonds is 10. The van der Waals surface area contributed by atoms with Crippen LogP contribution < -0.4 is 14.8 Å². The molecule has 0 aliphatic carbocycles. The van der Waals surface area contributed by atoms with Crippen LogP contribution in [-0.2, 0) is 32.1 Å². The summed E-state index contributed by atoms with van der Waals surface area (Å²) >= 11 is 0. The molecule has 0 aromatic heterocycles. The van der Waals surface area contributed by atoms with E-state index < -0.39 is 18.0 Å². The molecule has 1 N–H and O–H groups in total. The van der Waals surface area contributed by atoms with Crippen molar-refractivity contribution >= 4 is 17.8 Å². The van der Waals surface area contributed by atoms with Crippen LogP contribution in [0.15, 0.2) is 11.6 Å². The van der Waals surface area contributed by atoms with Crippen molar-refractivity contribution in [2.75, 3.05) is 21.3 Å². The van der Waals surface area contributed by atoms with Gasteiger partial charge >= 0.3 is 11.9 Å². The Morgan fingerprint density at radius 3 is 2.34 bits per heavy atom. The van der Waals surface area contributed by atoms with Gasteiger partial charge in [0.05, 0.1) is 21.3 Å². The Morgan fingerprint density at radius 2 is 1.78 bits per heavy atom. The Labute approximate surface area is 189 Å². The highest BCUT2D eigenvalue weighted by molar-refractivity contribution is 5.98. The maximum Gasteiger partial charge on any atom is 0.342 e. The van der Waals surface area contributed by atoms with Crippen LogP contribution in [0.4, 0.5) is 0 Å². The van der Waals surface area contributed by atoms with Gasteiger partial charge in [0, 0.05) is 17.5 Å². The third-order valence-corrected chi connectivity index (χ3v) is 5.67. The van der Waals surface area contributed by atoms with Crippen molar-refractivity contribution in [3.05, 3.63) is 33.9 Å². The fraction of sp³-hybridized carbons (Fsp3) is 0.542. The number of benzene rings is 1. The van der Waals surface area contributed by atoms with Crippen LogP contribution in [0.1, 0.15) is 60.7 Å². The summed E-state index contributed by atoms with van der Waals surface area (Å²) in [4.78, 5) is 36.4. The second kappa shape index (κ2) is 11.0. The average molecular weight is 448 g/mol. The third kappa shape index (κ3) is 5.41. The van der Waals surface area contributed by atoms with E-state index in [2.05, 4.69) is 5.32 Å². The number of nitrogens with one attached hydrogen (secondary N) is 1. The largest absolute Gasteiger partial charge is 0.496 e. The quantitative estimate of drug-likeness (QED) is 0.434. The van der Waals surface area contributed by atoms with Crippen LogP contribution >= 0.6 is 0 Å². The number of ether oxygens (including phenoxy) is 4. The average Bonchev–Trinajstić information content (AvgIpc) is 3.15. The number of carbonyl (C=O) groups is 3. The molecule has 1 aliphatic rings. The summed E-state index contributed by atoms with van der Waals surface area (Å²) in [5.41, 5.74) is 3.85. The van der Waals surface area contributed by atoms with E-state index in [-0.39, 0.29) is 24.9 Å². The summed E-state index contributed by atoms with van der Waals surface area (Å²) in [6.45, 7) is 7.74. The number of allylic oxidation sites excluding steroid dienone is 2. The molecule has 1 aromatic rings. The molecule has 0 unspecified atom stereocenters. The number of methoxy groups -OCH3 is 3. The van der Waals surface area contributed by atoms with E-state index >= 15 is 0 Å². The summed E-state index contributed by atoms with van der Waals surface area (Å²) in [6, 6.07) is -0.667. The minimum absolute atomic E-state index is 0.0716. The number of esters is 2. The first-order chi connectivity index (χ1) is 15.2. The highest BCUT2D eigenvalue weighted by Gasteiger charge is 2.32. The van der Waals surface area contributed by atoms with E-state index in [1.807, 2.05) is 33.8 Å². The summed E-state index contributed by atoms with van der Waals surface area (Å²) in [5.74, 6) is -0.00849. The lowest BCUT2D eigenvalue weighted by atomic mass is 9.94. The molecule has 0 saturated heterocycles. The van der Waals surface area contributed by atoms with E-state index in [9.17, 15) is 14.4 Å². The van der Waals surface area contributed by atoms with Gasteiger partial charge in [-0.15, -0.1) is 0 Å². The predicted molar refractivity (Wildman–Crippen MR) is 119 cm³/mol. The molecule has 0 bridgehead atoms. The van der Waals surface area contributed by atoms with Crippen molar-refractivity contribution in [3.8, 4) is 11.5 Å². The predicted octanol–water partition coefficient (Wildman–Crippen LogP) is 3.27. The molecule has 2 rings (SSSR count). The van der Waals surface area contributed by atoms with Gasteiger partial charge in [0.15, 0.2) is 0 Å². The van der Waals surface area contributed by atoms with Gasteiger partial charge in [-0.05, 0) is 38.2 Å². The Morgan fingerprint density at radius 1 is 1.12 bits per heavy atom. The Hall–Kier alpha value is -3.03. The smallest absolute Gasteiger partial charge is 0.342 e.